The van der Waals surface area contributed by atoms with Crippen molar-refractivity contribution in [2.75, 3.05) is 6.61 Å². The van der Waals surface area contributed by atoms with Gasteiger partial charge in [0.2, 0.25) is 5.91 Å². The highest BCUT2D eigenvalue weighted by Crippen LogP contribution is 2.35. The Labute approximate surface area is 153 Å². The first-order valence-electron chi connectivity index (χ1n) is 8.01. The van der Waals surface area contributed by atoms with E-state index in [1.54, 1.807) is 6.92 Å². The second kappa shape index (κ2) is 7.49. The molecule has 0 fully saturated rings. The standard InChI is InChI=1S/C18H17N3O4S/c1-3-25-18(24)20-13(22)9-21-10-19-16-15(17(21)23)14(11(2)26-16)12-7-5-4-6-8-12/h4-8,10H,3,9H2,1-2H3,(H,20,22,24). The van der Waals surface area contributed by atoms with Crippen molar-refractivity contribution in [3.8, 4) is 11.1 Å². The zero-order chi connectivity index (χ0) is 18.7. The van der Waals surface area contributed by atoms with Crippen molar-refractivity contribution < 1.29 is 14.3 Å². The Balaban J connectivity index is 1.99. The van der Waals surface area contributed by atoms with Gasteiger partial charge in [-0.05, 0) is 19.4 Å². The van der Waals surface area contributed by atoms with Gasteiger partial charge in [0.25, 0.3) is 5.56 Å². The van der Waals surface area contributed by atoms with Crippen molar-refractivity contribution in [2.24, 2.45) is 0 Å². The summed E-state index contributed by atoms with van der Waals surface area (Å²) in [5.41, 5.74) is 1.42. The molecule has 26 heavy (non-hydrogen) atoms. The van der Waals surface area contributed by atoms with E-state index in [-0.39, 0.29) is 18.7 Å². The van der Waals surface area contributed by atoms with Crippen LogP contribution >= 0.6 is 11.3 Å². The molecule has 0 unspecified atom stereocenters. The fraction of sp³-hybridized carbons (Fsp3) is 0.222. The molecule has 0 aliphatic carbocycles. The van der Waals surface area contributed by atoms with Crippen molar-refractivity contribution in [3.05, 3.63) is 51.9 Å². The number of alkyl carbamates (subject to hydrolysis) is 1. The van der Waals surface area contributed by atoms with Crippen LogP contribution in [0.15, 0.2) is 41.5 Å². The number of imide groups is 1. The number of thiophene rings is 1. The highest BCUT2D eigenvalue weighted by molar-refractivity contribution is 7.19. The van der Waals surface area contributed by atoms with E-state index in [2.05, 4.69) is 15.0 Å². The van der Waals surface area contributed by atoms with Gasteiger partial charge in [0.05, 0.1) is 18.3 Å². The molecule has 3 rings (SSSR count). The number of rotatable bonds is 4. The molecule has 0 aliphatic heterocycles. The van der Waals surface area contributed by atoms with E-state index in [0.29, 0.717) is 10.2 Å². The Bertz CT molecular complexity index is 1020. The minimum atomic E-state index is -0.837. The number of benzene rings is 1. The molecule has 0 radical (unpaired) electrons. The van der Waals surface area contributed by atoms with Gasteiger partial charge in [-0.25, -0.2) is 9.78 Å². The van der Waals surface area contributed by atoms with Gasteiger partial charge in [-0.2, -0.15) is 0 Å². The smallest absolute Gasteiger partial charge is 0.413 e. The maximum absolute atomic E-state index is 12.9. The molecule has 1 aromatic carbocycles. The van der Waals surface area contributed by atoms with Crippen LogP contribution in [0.4, 0.5) is 4.79 Å². The zero-order valence-corrected chi connectivity index (χ0v) is 15.1. The van der Waals surface area contributed by atoms with Crippen LogP contribution in [-0.4, -0.2) is 28.2 Å². The van der Waals surface area contributed by atoms with Crippen LogP contribution in [0, 0.1) is 6.92 Å². The average molecular weight is 371 g/mol. The molecule has 2 amide bonds. The number of aromatic nitrogens is 2. The number of aryl methyl sites for hydroxylation is 1. The van der Waals surface area contributed by atoms with Gasteiger partial charge in [0.1, 0.15) is 11.4 Å². The molecule has 0 spiro atoms. The fourth-order valence-electron chi connectivity index (χ4n) is 2.68. The number of ether oxygens (including phenoxy) is 1. The summed E-state index contributed by atoms with van der Waals surface area (Å²) in [5, 5.41) is 2.55. The van der Waals surface area contributed by atoms with Crippen molar-refractivity contribution >= 4 is 33.6 Å². The summed E-state index contributed by atoms with van der Waals surface area (Å²) >= 11 is 1.43. The Morgan fingerprint density at radius 2 is 2.00 bits per heavy atom. The third-order valence-electron chi connectivity index (χ3n) is 3.75. The molecular formula is C18H17N3O4S. The van der Waals surface area contributed by atoms with E-state index < -0.39 is 12.0 Å². The summed E-state index contributed by atoms with van der Waals surface area (Å²) < 4.78 is 5.85. The van der Waals surface area contributed by atoms with E-state index >= 15 is 0 Å². The first-order chi connectivity index (χ1) is 12.5. The van der Waals surface area contributed by atoms with Crippen LogP contribution in [0.2, 0.25) is 0 Å². The highest BCUT2D eigenvalue weighted by atomic mass is 32.1. The molecule has 2 aromatic heterocycles. The van der Waals surface area contributed by atoms with Crippen LogP contribution < -0.4 is 10.9 Å². The first-order valence-corrected chi connectivity index (χ1v) is 8.83. The normalized spacial score (nSPS) is 10.7. The molecule has 3 aromatic rings. The Morgan fingerprint density at radius 3 is 2.69 bits per heavy atom. The monoisotopic (exact) mass is 371 g/mol. The van der Waals surface area contributed by atoms with Crippen LogP contribution in [0.25, 0.3) is 21.3 Å². The highest BCUT2D eigenvalue weighted by Gasteiger charge is 2.18. The molecule has 0 aliphatic rings. The number of carbonyl (C=O) groups is 2. The van der Waals surface area contributed by atoms with E-state index in [9.17, 15) is 14.4 Å². The molecule has 8 heteroatoms. The first kappa shape index (κ1) is 17.8. The van der Waals surface area contributed by atoms with Crippen LogP contribution in [-0.2, 0) is 16.1 Å². The van der Waals surface area contributed by atoms with Crippen molar-refractivity contribution in [1.82, 2.24) is 14.9 Å². The molecule has 134 valence electrons. The summed E-state index contributed by atoms with van der Waals surface area (Å²) in [4.78, 5) is 42.1. The van der Waals surface area contributed by atoms with Crippen molar-refractivity contribution in [1.29, 1.82) is 0 Å². The third-order valence-corrected chi connectivity index (χ3v) is 4.76. The predicted molar refractivity (Wildman–Crippen MR) is 99.2 cm³/mol. The number of fused-ring (bicyclic) bond motifs is 1. The lowest BCUT2D eigenvalue weighted by Crippen LogP contribution is -2.36. The number of carbonyl (C=O) groups excluding carboxylic acids is 2. The number of nitrogens with one attached hydrogen (secondary N) is 1. The topological polar surface area (TPSA) is 90.3 Å². The van der Waals surface area contributed by atoms with Crippen molar-refractivity contribution in [2.45, 2.75) is 20.4 Å². The molecule has 0 saturated heterocycles. The van der Waals surface area contributed by atoms with Crippen LogP contribution in [0.1, 0.15) is 11.8 Å². The maximum Gasteiger partial charge on any atom is 0.413 e. The van der Waals surface area contributed by atoms with Gasteiger partial charge in [-0.1, -0.05) is 30.3 Å². The lowest BCUT2D eigenvalue weighted by atomic mass is 10.0. The minimum Gasteiger partial charge on any atom is -0.450 e. The lowest BCUT2D eigenvalue weighted by molar-refractivity contribution is -0.121. The SMILES string of the molecule is CCOC(=O)NC(=O)Cn1cnc2sc(C)c(-c3ccccc3)c2c1=O. The number of hydrogen-bond acceptors (Lipinski definition) is 6. The van der Waals surface area contributed by atoms with Crippen LogP contribution in [0.5, 0.6) is 0 Å². The summed E-state index contributed by atoms with van der Waals surface area (Å²) in [6.07, 6.45) is 0.482. The number of nitrogens with zero attached hydrogens (tertiary/aromatic N) is 2. The quantitative estimate of drug-likeness (QED) is 0.761. The van der Waals surface area contributed by atoms with E-state index in [4.69, 9.17) is 0 Å². The summed E-state index contributed by atoms with van der Waals surface area (Å²) in [7, 11) is 0. The maximum atomic E-state index is 12.9. The van der Waals surface area contributed by atoms with Crippen molar-refractivity contribution in [3.63, 3.8) is 0 Å². The predicted octanol–water partition coefficient (Wildman–Crippen LogP) is 2.71. The van der Waals surface area contributed by atoms with E-state index in [0.717, 1.165) is 16.0 Å². The fourth-order valence-corrected chi connectivity index (χ4v) is 3.68. The second-order valence-electron chi connectivity index (χ2n) is 5.53. The number of amides is 2. The van der Waals surface area contributed by atoms with Gasteiger partial charge in [-0.3, -0.25) is 19.5 Å². The zero-order valence-electron chi connectivity index (χ0n) is 14.3. The third kappa shape index (κ3) is 3.50. The molecule has 0 bridgehead atoms. The summed E-state index contributed by atoms with van der Waals surface area (Å²) in [6.45, 7) is 3.41. The Hall–Kier alpha value is -3.00. The van der Waals surface area contributed by atoms with Gasteiger partial charge < -0.3 is 4.74 Å². The number of hydrogen-bond donors (Lipinski definition) is 1. The molecule has 2 heterocycles. The van der Waals surface area contributed by atoms with Gasteiger partial charge in [0.15, 0.2) is 0 Å². The van der Waals surface area contributed by atoms with Gasteiger partial charge in [0, 0.05) is 10.4 Å². The Kier molecular flexibility index (Phi) is 5.13. The molecular weight excluding hydrogens is 354 g/mol. The van der Waals surface area contributed by atoms with Gasteiger partial charge >= 0.3 is 6.09 Å². The summed E-state index contributed by atoms with van der Waals surface area (Å²) in [6, 6.07) is 9.57. The van der Waals surface area contributed by atoms with Crippen LogP contribution in [0.3, 0.4) is 0 Å². The minimum absolute atomic E-state index is 0.154. The van der Waals surface area contributed by atoms with E-state index in [1.807, 2.05) is 37.3 Å². The van der Waals surface area contributed by atoms with Gasteiger partial charge in [-0.15, -0.1) is 11.3 Å². The molecule has 0 atom stereocenters. The van der Waals surface area contributed by atoms with E-state index in [1.165, 1.54) is 22.2 Å². The largest absolute Gasteiger partial charge is 0.450 e. The molecule has 0 saturated carbocycles. The summed E-state index contributed by atoms with van der Waals surface area (Å²) in [5.74, 6) is -0.639. The lowest BCUT2D eigenvalue weighted by Gasteiger charge is -2.07. The second-order valence-corrected chi connectivity index (χ2v) is 6.73. The molecule has 7 nitrogen and oxygen atoms in total. The Morgan fingerprint density at radius 1 is 1.27 bits per heavy atom. The average Bonchev–Trinajstić information content (AvgIpc) is 2.95. The molecule has 1 N–H and O–H groups in total.